The van der Waals surface area contributed by atoms with Crippen molar-refractivity contribution >= 4 is 11.8 Å². The molecule has 0 fully saturated rings. The molecule has 0 aromatic rings. The van der Waals surface area contributed by atoms with Gasteiger partial charge in [-0.05, 0) is 32.1 Å². The van der Waals surface area contributed by atoms with Gasteiger partial charge < -0.3 is 4.74 Å². The zero-order chi connectivity index (χ0) is 14.7. The van der Waals surface area contributed by atoms with Gasteiger partial charge in [-0.15, -0.1) is 0 Å². The van der Waals surface area contributed by atoms with Gasteiger partial charge in [0.05, 0.1) is 5.60 Å². The van der Waals surface area contributed by atoms with E-state index in [9.17, 15) is 9.59 Å². The molecule has 1 rings (SSSR count). The minimum atomic E-state index is -0.325. The molecule has 0 aromatic heterocycles. The zero-order valence-electron chi connectivity index (χ0n) is 12.7. The van der Waals surface area contributed by atoms with Crippen LogP contribution in [0.2, 0.25) is 0 Å². The van der Waals surface area contributed by atoms with Crippen molar-refractivity contribution in [1.82, 2.24) is 4.90 Å². The highest BCUT2D eigenvalue weighted by molar-refractivity contribution is 6.12. The van der Waals surface area contributed by atoms with Crippen molar-refractivity contribution in [3.63, 3.8) is 0 Å². The Morgan fingerprint density at radius 2 is 1.53 bits per heavy atom. The molecular formula is C15H25NO3. The molecule has 108 valence electrons. The van der Waals surface area contributed by atoms with Gasteiger partial charge in [-0.3, -0.25) is 14.5 Å². The number of carbonyl (C=O) groups excluding carboxylic acids is 2. The quantitative estimate of drug-likeness (QED) is 0.695. The Hall–Kier alpha value is -1.16. The highest BCUT2D eigenvalue weighted by atomic mass is 16.5. The summed E-state index contributed by atoms with van der Waals surface area (Å²) in [5.74, 6) is -0.453. The van der Waals surface area contributed by atoms with Crippen LogP contribution in [-0.2, 0) is 14.3 Å². The van der Waals surface area contributed by atoms with Crippen LogP contribution in [0.4, 0.5) is 0 Å². The molecule has 4 heteroatoms. The maximum absolute atomic E-state index is 11.4. The topological polar surface area (TPSA) is 46.6 Å². The van der Waals surface area contributed by atoms with Crippen molar-refractivity contribution in [2.24, 2.45) is 5.41 Å². The molecule has 0 atom stereocenters. The molecule has 0 unspecified atom stereocenters. The Bertz CT molecular complexity index is 359. The summed E-state index contributed by atoms with van der Waals surface area (Å²) in [4.78, 5) is 24.1. The minimum absolute atomic E-state index is 0.226. The van der Waals surface area contributed by atoms with Crippen molar-refractivity contribution in [2.75, 3.05) is 13.2 Å². The number of hydrogen-bond acceptors (Lipinski definition) is 3. The fraction of sp³-hybridized carbons (Fsp3) is 0.733. The lowest BCUT2D eigenvalue weighted by atomic mass is 9.93. The molecule has 0 bridgehead atoms. The molecule has 2 amide bonds. The summed E-state index contributed by atoms with van der Waals surface area (Å²) in [6.45, 7) is 11.6. The first-order valence-corrected chi connectivity index (χ1v) is 6.78. The van der Waals surface area contributed by atoms with Crippen LogP contribution >= 0.6 is 0 Å². The lowest BCUT2D eigenvalue weighted by Gasteiger charge is -2.29. The van der Waals surface area contributed by atoms with Crippen LogP contribution in [0.3, 0.4) is 0 Å². The zero-order valence-corrected chi connectivity index (χ0v) is 12.7. The fourth-order valence-corrected chi connectivity index (χ4v) is 1.74. The lowest BCUT2D eigenvalue weighted by molar-refractivity contribution is -0.137. The van der Waals surface area contributed by atoms with E-state index < -0.39 is 0 Å². The van der Waals surface area contributed by atoms with Crippen LogP contribution in [0, 0.1) is 5.41 Å². The third-order valence-corrected chi connectivity index (χ3v) is 3.18. The maximum atomic E-state index is 11.4. The van der Waals surface area contributed by atoms with Gasteiger partial charge in [0.15, 0.2) is 0 Å². The molecule has 0 N–H and O–H groups in total. The van der Waals surface area contributed by atoms with Gasteiger partial charge in [-0.1, -0.05) is 20.8 Å². The maximum Gasteiger partial charge on any atom is 0.253 e. The Labute approximate surface area is 115 Å². The van der Waals surface area contributed by atoms with Gasteiger partial charge >= 0.3 is 0 Å². The second-order valence-electron chi connectivity index (χ2n) is 6.83. The van der Waals surface area contributed by atoms with Crippen molar-refractivity contribution in [2.45, 2.75) is 53.1 Å². The highest BCUT2D eigenvalue weighted by Crippen LogP contribution is 2.22. The first kappa shape index (κ1) is 15.9. The van der Waals surface area contributed by atoms with E-state index in [4.69, 9.17) is 4.74 Å². The molecule has 0 saturated carbocycles. The Kier molecular flexibility index (Phi) is 4.91. The summed E-state index contributed by atoms with van der Waals surface area (Å²) in [5, 5.41) is 0. The predicted molar refractivity (Wildman–Crippen MR) is 74.6 cm³/mol. The average Bonchev–Trinajstić information content (AvgIpc) is 2.54. The van der Waals surface area contributed by atoms with Crippen LogP contribution in [-0.4, -0.2) is 35.5 Å². The molecule has 1 aliphatic rings. The second kappa shape index (κ2) is 5.87. The number of carbonyl (C=O) groups is 2. The van der Waals surface area contributed by atoms with Gasteiger partial charge in [-0.2, -0.15) is 0 Å². The minimum Gasteiger partial charge on any atom is -0.375 e. The Balaban J connectivity index is 2.34. The van der Waals surface area contributed by atoms with E-state index in [-0.39, 0.29) is 22.8 Å². The van der Waals surface area contributed by atoms with Crippen molar-refractivity contribution in [3.05, 3.63) is 12.2 Å². The standard InChI is InChI=1S/C15H25NO3/c1-14(2,3)9-11-19-15(4,5)8-10-16-12(17)6-7-13(16)18/h6-7H,8-11H2,1-5H3. The summed E-state index contributed by atoms with van der Waals surface area (Å²) >= 11 is 0. The Morgan fingerprint density at radius 3 is 2.00 bits per heavy atom. The summed E-state index contributed by atoms with van der Waals surface area (Å²) in [7, 11) is 0. The van der Waals surface area contributed by atoms with Crippen LogP contribution in [0.15, 0.2) is 12.2 Å². The second-order valence-corrected chi connectivity index (χ2v) is 6.83. The van der Waals surface area contributed by atoms with Gasteiger partial charge in [0.2, 0.25) is 0 Å². The third kappa shape index (κ3) is 5.55. The molecule has 0 aromatic carbocycles. The summed E-state index contributed by atoms with van der Waals surface area (Å²) in [6.07, 6.45) is 4.27. The van der Waals surface area contributed by atoms with E-state index in [0.29, 0.717) is 19.6 Å². The fourth-order valence-electron chi connectivity index (χ4n) is 1.74. The van der Waals surface area contributed by atoms with Gasteiger partial charge in [0, 0.05) is 25.3 Å². The Morgan fingerprint density at radius 1 is 1.00 bits per heavy atom. The van der Waals surface area contributed by atoms with E-state index in [2.05, 4.69) is 20.8 Å². The van der Waals surface area contributed by atoms with Gasteiger partial charge in [0.25, 0.3) is 11.8 Å². The lowest BCUT2D eigenvalue weighted by Crippen LogP contribution is -2.36. The third-order valence-electron chi connectivity index (χ3n) is 3.18. The summed E-state index contributed by atoms with van der Waals surface area (Å²) < 4.78 is 5.87. The smallest absolute Gasteiger partial charge is 0.253 e. The van der Waals surface area contributed by atoms with E-state index >= 15 is 0 Å². The van der Waals surface area contributed by atoms with Crippen LogP contribution in [0.25, 0.3) is 0 Å². The van der Waals surface area contributed by atoms with Crippen molar-refractivity contribution in [1.29, 1.82) is 0 Å². The van der Waals surface area contributed by atoms with Gasteiger partial charge in [0.1, 0.15) is 0 Å². The highest BCUT2D eigenvalue weighted by Gasteiger charge is 2.27. The first-order valence-electron chi connectivity index (χ1n) is 6.78. The molecule has 19 heavy (non-hydrogen) atoms. The van der Waals surface area contributed by atoms with E-state index in [1.165, 1.54) is 17.1 Å². The monoisotopic (exact) mass is 267 g/mol. The number of imide groups is 1. The molecule has 0 aliphatic carbocycles. The largest absolute Gasteiger partial charge is 0.375 e. The molecule has 0 spiro atoms. The van der Waals surface area contributed by atoms with E-state index in [0.717, 1.165) is 6.42 Å². The summed E-state index contributed by atoms with van der Waals surface area (Å²) in [6, 6.07) is 0. The van der Waals surface area contributed by atoms with E-state index in [1.54, 1.807) is 0 Å². The normalized spacial score (nSPS) is 16.6. The number of rotatable bonds is 6. The average molecular weight is 267 g/mol. The van der Waals surface area contributed by atoms with Crippen molar-refractivity contribution in [3.8, 4) is 0 Å². The van der Waals surface area contributed by atoms with Gasteiger partial charge in [-0.25, -0.2) is 0 Å². The number of ether oxygens (including phenoxy) is 1. The van der Waals surface area contributed by atoms with Crippen LogP contribution < -0.4 is 0 Å². The molecule has 4 nitrogen and oxygen atoms in total. The number of hydrogen-bond donors (Lipinski definition) is 0. The van der Waals surface area contributed by atoms with Crippen LogP contribution in [0.5, 0.6) is 0 Å². The summed E-state index contributed by atoms with van der Waals surface area (Å²) in [5.41, 5.74) is -0.0741. The molecule has 1 heterocycles. The molecule has 1 aliphatic heterocycles. The molecular weight excluding hydrogens is 242 g/mol. The van der Waals surface area contributed by atoms with E-state index in [1.807, 2.05) is 13.8 Å². The first-order chi connectivity index (χ1) is 8.61. The molecule has 0 radical (unpaired) electrons. The number of nitrogens with zero attached hydrogens (tertiary/aromatic N) is 1. The van der Waals surface area contributed by atoms with Crippen LogP contribution in [0.1, 0.15) is 47.5 Å². The van der Waals surface area contributed by atoms with Crippen molar-refractivity contribution < 1.29 is 14.3 Å². The number of amides is 2. The molecule has 0 saturated heterocycles. The predicted octanol–water partition coefficient (Wildman–Crippen LogP) is 2.53. The SMILES string of the molecule is CC(C)(C)CCOC(C)(C)CCN1C(=O)C=CC1=O.